The lowest BCUT2D eigenvalue weighted by Crippen LogP contribution is -2.63. The number of benzene rings is 1. The second-order valence-corrected chi connectivity index (χ2v) is 20.5. The number of carboxylic acid groups (broad SMARTS) is 1. The van der Waals surface area contributed by atoms with E-state index in [1.54, 1.807) is 13.8 Å². The molecule has 0 radical (unpaired) electrons. The summed E-state index contributed by atoms with van der Waals surface area (Å²) in [5.41, 5.74) is 1.66. The minimum Gasteiger partial charge on any atom is -0.481 e. The van der Waals surface area contributed by atoms with Crippen LogP contribution in [-0.2, 0) is 35.2 Å². The Labute approximate surface area is 334 Å². The summed E-state index contributed by atoms with van der Waals surface area (Å²) in [6.07, 6.45) is 7.40. The normalized spacial score (nSPS) is 34.7. The predicted octanol–water partition coefficient (Wildman–Crippen LogP) is 9.71. The van der Waals surface area contributed by atoms with Crippen molar-refractivity contribution in [3.05, 3.63) is 46.0 Å². The molecule has 0 heterocycles. The van der Waals surface area contributed by atoms with Crippen LogP contribution in [0.15, 0.2) is 35.4 Å². The van der Waals surface area contributed by atoms with Crippen LogP contribution >= 0.6 is 11.6 Å². The minimum atomic E-state index is -1.17. The van der Waals surface area contributed by atoms with Crippen molar-refractivity contribution in [3.63, 3.8) is 0 Å². The molecule has 6 rings (SSSR count). The second-order valence-electron chi connectivity index (χ2n) is 20.1. The average molecular weight is 780 g/mol. The number of aliphatic carboxylic acids is 1. The third kappa shape index (κ3) is 7.23. The maximum atomic E-state index is 14.2. The zero-order valence-corrected chi connectivity index (χ0v) is 35.6. The lowest BCUT2D eigenvalue weighted by molar-refractivity contribution is -0.215. The lowest BCUT2D eigenvalue weighted by atomic mass is 9.36. The van der Waals surface area contributed by atoms with Crippen molar-refractivity contribution < 1.29 is 33.8 Å². The number of carbonyl (C=O) groups is 4. The summed E-state index contributed by atoms with van der Waals surface area (Å²) >= 11 is 6.19. The van der Waals surface area contributed by atoms with Crippen LogP contribution < -0.4 is 0 Å². The molecule has 0 saturated heterocycles. The average Bonchev–Trinajstić information content (AvgIpc) is 3.42. The smallest absolute Gasteiger partial charge is 0.309 e. The highest BCUT2D eigenvalue weighted by atomic mass is 35.5. The molecule has 0 amide bonds. The van der Waals surface area contributed by atoms with Crippen LogP contribution in [0.3, 0.4) is 0 Å². The van der Waals surface area contributed by atoms with E-state index in [2.05, 4.69) is 53.4 Å². The maximum absolute atomic E-state index is 14.2. The fourth-order valence-corrected chi connectivity index (χ4v) is 13.5. The first kappa shape index (κ1) is 41.9. The Morgan fingerprint density at radius 2 is 1.65 bits per heavy atom. The molecule has 304 valence electrons. The van der Waals surface area contributed by atoms with Gasteiger partial charge in [-0.2, -0.15) is 0 Å². The number of carbonyl (C=O) groups excluding carboxylic acids is 3. The fraction of sp³-hybridized carbons (Fsp3) is 0.739. The number of ether oxygens (including phenoxy) is 2. The molecular formula is C46H66ClNO7. The van der Waals surface area contributed by atoms with Crippen LogP contribution in [0.5, 0.6) is 0 Å². The Bertz CT molecular complexity index is 1680. The van der Waals surface area contributed by atoms with Crippen molar-refractivity contribution in [2.24, 2.45) is 56.7 Å². The number of ketones is 1. The van der Waals surface area contributed by atoms with Gasteiger partial charge in [0.1, 0.15) is 12.2 Å². The highest BCUT2D eigenvalue weighted by Crippen LogP contribution is 2.73. The molecule has 1 aromatic carbocycles. The molecule has 0 aliphatic heterocycles. The number of esters is 1. The number of Topliss-reactive ketones (excluding diaryl/α,β-unsaturated/α-hetero) is 1. The van der Waals surface area contributed by atoms with Crippen LogP contribution in [-0.4, -0.2) is 59.5 Å². The van der Waals surface area contributed by atoms with Gasteiger partial charge in [0, 0.05) is 35.4 Å². The summed E-state index contributed by atoms with van der Waals surface area (Å²) in [6, 6.07) is 7.91. The van der Waals surface area contributed by atoms with Gasteiger partial charge in [-0.05, 0) is 141 Å². The van der Waals surface area contributed by atoms with Gasteiger partial charge in [-0.15, -0.1) is 0 Å². The Morgan fingerprint density at radius 1 is 0.982 bits per heavy atom. The zero-order chi connectivity index (χ0) is 40.3. The number of fused-ring (bicyclic) bond motifs is 7. The number of hydrogen-bond acceptors (Lipinski definition) is 7. The molecule has 1 aromatic rings. The molecule has 4 fully saturated rings. The Kier molecular flexibility index (Phi) is 11.6. The molecular weight excluding hydrogens is 714 g/mol. The van der Waals surface area contributed by atoms with Gasteiger partial charge in [0.25, 0.3) is 6.47 Å². The molecule has 9 unspecified atom stereocenters. The van der Waals surface area contributed by atoms with Gasteiger partial charge in [0.05, 0.1) is 11.8 Å². The van der Waals surface area contributed by atoms with E-state index in [1.165, 1.54) is 5.57 Å². The van der Waals surface area contributed by atoms with Crippen molar-refractivity contribution in [2.75, 3.05) is 13.1 Å². The number of hydrogen-bond donors (Lipinski definition) is 1. The highest BCUT2D eigenvalue weighted by molar-refractivity contribution is 6.30. The number of nitrogens with zero attached hydrogens (tertiary/aromatic N) is 1. The summed E-state index contributed by atoms with van der Waals surface area (Å²) in [5, 5.41) is 10.3. The number of rotatable bonds is 13. The van der Waals surface area contributed by atoms with Gasteiger partial charge in [-0.25, -0.2) is 0 Å². The first-order chi connectivity index (χ1) is 25.7. The number of likely N-dealkylation sites (N-methyl/N-ethyl adjacent to an activating group) is 1. The SMILES string of the molecule is CCN(Cc1ccc(Cl)cc1)CC(OC=O)C12CCC3C(CCC4C3(C)CCC3C(C)(C)C(OC(=O)CC(C)(C)C(=O)O)CCC34C)C1=C(C(C)C)C(=O)C2. The summed E-state index contributed by atoms with van der Waals surface area (Å²) in [5.74, 6) is 0.454. The molecule has 8 nitrogen and oxygen atoms in total. The molecule has 0 bridgehead atoms. The standard InChI is InChI=1S/C46H66ClNO7/c1-10-48(25-29-11-13-30(47)14-12-29)26-37(54-27-49)46-22-17-32-31(40(46)39(28(2)3)33(50)23-46)15-16-35-44(32,8)20-18-34-43(6,7)36(19-21-45(34,35)9)55-38(51)24-42(4,5)41(52)53/h11-14,27-28,31-32,34-37H,10,15-26H2,1-9H3,(H,52,53). The van der Waals surface area contributed by atoms with Crippen molar-refractivity contribution >= 4 is 35.8 Å². The van der Waals surface area contributed by atoms with Crippen LogP contribution in [0.25, 0.3) is 0 Å². The van der Waals surface area contributed by atoms with Crippen LogP contribution in [0.4, 0.5) is 0 Å². The van der Waals surface area contributed by atoms with Gasteiger partial charge >= 0.3 is 11.9 Å². The van der Waals surface area contributed by atoms with Gasteiger partial charge < -0.3 is 14.6 Å². The first-order valence-electron chi connectivity index (χ1n) is 21.0. The van der Waals surface area contributed by atoms with Crippen LogP contribution in [0.2, 0.25) is 5.02 Å². The largest absolute Gasteiger partial charge is 0.481 e. The van der Waals surface area contributed by atoms with Gasteiger partial charge in [0.15, 0.2) is 5.78 Å². The molecule has 5 aliphatic carbocycles. The van der Waals surface area contributed by atoms with Crippen molar-refractivity contribution in [3.8, 4) is 0 Å². The van der Waals surface area contributed by atoms with E-state index < -0.39 is 28.9 Å². The van der Waals surface area contributed by atoms with E-state index >= 15 is 0 Å². The monoisotopic (exact) mass is 779 g/mol. The lowest BCUT2D eigenvalue weighted by Gasteiger charge is -2.69. The van der Waals surface area contributed by atoms with E-state index in [0.717, 1.165) is 69.0 Å². The fourth-order valence-electron chi connectivity index (χ4n) is 13.4. The highest BCUT2D eigenvalue weighted by Gasteiger charge is 2.67. The minimum absolute atomic E-state index is 0.0620. The molecule has 9 atom stereocenters. The van der Waals surface area contributed by atoms with E-state index in [-0.39, 0.29) is 46.4 Å². The summed E-state index contributed by atoms with van der Waals surface area (Å²) in [4.78, 5) is 53.8. The van der Waals surface area contributed by atoms with Gasteiger partial charge in [0.2, 0.25) is 0 Å². The summed E-state index contributed by atoms with van der Waals surface area (Å²) in [7, 11) is 0. The second kappa shape index (κ2) is 15.2. The van der Waals surface area contributed by atoms with Crippen molar-refractivity contribution in [2.45, 2.75) is 145 Å². The quantitative estimate of drug-likeness (QED) is 0.156. The molecule has 0 spiro atoms. The topological polar surface area (TPSA) is 110 Å². The predicted molar refractivity (Wildman–Crippen MR) is 214 cm³/mol. The summed E-state index contributed by atoms with van der Waals surface area (Å²) in [6.45, 7) is 21.8. The van der Waals surface area contributed by atoms with Crippen LogP contribution in [0.1, 0.15) is 132 Å². The van der Waals surface area contributed by atoms with E-state index in [0.29, 0.717) is 48.8 Å². The molecule has 5 aliphatic rings. The maximum Gasteiger partial charge on any atom is 0.309 e. The van der Waals surface area contributed by atoms with Gasteiger partial charge in [-0.1, -0.05) is 72.2 Å². The third-order valence-corrected chi connectivity index (χ3v) is 16.3. The van der Waals surface area contributed by atoms with Crippen LogP contribution in [0, 0.1) is 56.7 Å². The van der Waals surface area contributed by atoms with E-state index in [9.17, 15) is 24.3 Å². The number of allylic oxidation sites excluding steroid dienone is 1. The van der Waals surface area contributed by atoms with Crippen molar-refractivity contribution in [1.29, 1.82) is 0 Å². The number of carboxylic acids is 1. The van der Waals surface area contributed by atoms with E-state index in [4.69, 9.17) is 21.1 Å². The zero-order valence-electron chi connectivity index (χ0n) is 34.8. The number of halogens is 1. The van der Waals surface area contributed by atoms with E-state index in [1.807, 2.05) is 24.3 Å². The van der Waals surface area contributed by atoms with Gasteiger partial charge in [-0.3, -0.25) is 24.1 Å². The molecule has 9 heteroatoms. The molecule has 1 N–H and O–H groups in total. The summed E-state index contributed by atoms with van der Waals surface area (Å²) < 4.78 is 12.3. The third-order valence-electron chi connectivity index (χ3n) is 16.1. The molecule has 0 aromatic heterocycles. The van der Waals surface area contributed by atoms with Crippen molar-refractivity contribution in [1.82, 2.24) is 4.90 Å². The molecule has 55 heavy (non-hydrogen) atoms. The first-order valence-corrected chi connectivity index (χ1v) is 21.4. The molecule has 4 saturated carbocycles. The Morgan fingerprint density at radius 3 is 2.27 bits per heavy atom. The Balaban J connectivity index is 1.28. The Hall–Kier alpha value is -2.71.